The van der Waals surface area contributed by atoms with Crippen LogP contribution in [0.3, 0.4) is 0 Å². The van der Waals surface area contributed by atoms with Crippen LogP contribution in [-0.4, -0.2) is 56.4 Å². The predicted molar refractivity (Wildman–Crippen MR) is 94.1 cm³/mol. The van der Waals surface area contributed by atoms with E-state index in [1.165, 1.54) is 0 Å². The number of hydrogen-bond donors (Lipinski definition) is 3. The van der Waals surface area contributed by atoms with Gasteiger partial charge in [0.2, 0.25) is 0 Å². The van der Waals surface area contributed by atoms with Crippen molar-refractivity contribution in [1.29, 1.82) is 0 Å². The Morgan fingerprint density at radius 2 is 1.71 bits per heavy atom. The number of amides is 1. The second-order valence-electron chi connectivity index (χ2n) is 6.02. The van der Waals surface area contributed by atoms with Gasteiger partial charge in [0, 0.05) is 32.6 Å². The fourth-order valence-corrected chi connectivity index (χ4v) is 1.65. The summed E-state index contributed by atoms with van der Waals surface area (Å²) >= 11 is 0. The van der Waals surface area contributed by atoms with Crippen LogP contribution in [-0.2, 0) is 14.3 Å². The van der Waals surface area contributed by atoms with Gasteiger partial charge in [-0.15, -0.1) is 0 Å². The molecule has 0 saturated heterocycles. The van der Waals surface area contributed by atoms with Crippen molar-refractivity contribution in [2.45, 2.75) is 53.1 Å². The average molecular weight is 344 g/mol. The fourth-order valence-electron chi connectivity index (χ4n) is 1.65. The predicted octanol–water partition coefficient (Wildman–Crippen LogP) is 1.41. The minimum Gasteiger partial charge on any atom is -0.466 e. The second-order valence-corrected chi connectivity index (χ2v) is 6.02. The maximum atomic E-state index is 11.5. The number of alkyl carbamates (subject to hydrolysis) is 1. The van der Waals surface area contributed by atoms with E-state index in [0.717, 1.165) is 6.54 Å². The Morgan fingerprint density at radius 1 is 1.04 bits per heavy atom. The molecule has 0 spiro atoms. The first-order valence-electron chi connectivity index (χ1n) is 8.43. The van der Waals surface area contributed by atoms with Crippen molar-refractivity contribution >= 4 is 18.0 Å². The van der Waals surface area contributed by atoms with Crippen LogP contribution in [0.1, 0.15) is 47.5 Å². The first kappa shape index (κ1) is 22.0. The summed E-state index contributed by atoms with van der Waals surface area (Å²) in [7, 11) is 0. The zero-order valence-corrected chi connectivity index (χ0v) is 15.5. The molecule has 0 bridgehead atoms. The molecule has 0 saturated carbocycles. The molecule has 0 aliphatic rings. The molecule has 1 amide bonds. The molecular formula is C16H32N4O4. The molecule has 0 radical (unpaired) electrons. The van der Waals surface area contributed by atoms with Gasteiger partial charge in [0.15, 0.2) is 5.96 Å². The summed E-state index contributed by atoms with van der Waals surface area (Å²) in [6.45, 7) is 11.8. The van der Waals surface area contributed by atoms with Crippen molar-refractivity contribution in [3.63, 3.8) is 0 Å². The topological polar surface area (TPSA) is 101 Å². The van der Waals surface area contributed by atoms with Gasteiger partial charge in [-0.05, 0) is 41.0 Å². The van der Waals surface area contributed by atoms with Crippen LogP contribution in [0.15, 0.2) is 4.99 Å². The molecule has 24 heavy (non-hydrogen) atoms. The van der Waals surface area contributed by atoms with Crippen molar-refractivity contribution in [2.24, 2.45) is 4.99 Å². The van der Waals surface area contributed by atoms with E-state index < -0.39 is 11.7 Å². The van der Waals surface area contributed by atoms with Crippen LogP contribution in [0, 0.1) is 0 Å². The van der Waals surface area contributed by atoms with E-state index in [9.17, 15) is 9.59 Å². The van der Waals surface area contributed by atoms with E-state index in [1.807, 2.05) is 27.7 Å². The third-order valence-corrected chi connectivity index (χ3v) is 2.54. The van der Waals surface area contributed by atoms with Crippen LogP contribution >= 0.6 is 0 Å². The van der Waals surface area contributed by atoms with Gasteiger partial charge < -0.3 is 25.4 Å². The number of nitrogens with zero attached hydrogens (tertiary/aromatic N) is 1. The molecule has 140 valence electrons. The van der Waals surface area contributed by atoms with E-state index in [0.29, 0.717) is 45.0 Å². The number of nitrogens with one attached hydrogen (secondary N) is 3. The Kier molecular flexibility index (Phi) is 11.4. The fraction of sp³-hybridized carbons (Fsp3) is 0.812. The molecule has 3 N–H and O–H groups in total. The summed E-state index contributed by atoms with van der Waals surface area (Å²) in [5.74, 6) is 0.444. The molecule has 0 rings (SSSR count). The number of carbonyl (C=O) groups excluding carboxylic acids is 2. The minimum atomic E-state index is -0.507. The Bertz CT molecular complexity index is 405. The van der Waals surface area contributed by atoms with Gasteiger partial charge in [0.05, 0.1) is 6.61 Å². The van der Waals surface area contributed by atoms with Gasteiger partial charge >= 0.3 is 12.1 Å². The lowest BCUT2D eigenvalue weighted by Gasteiger charge is -2.19. The minimum absolute atomic E-state index is 0.202. The highest BCUT2D eigenvalue weighted by atomic mass is 16.6. The van der Waals surface area contributed by atoms with E-state index >= 15 is 0 Å². The van der Waals surface area contributed by atoms with Gasteiger partial charge in [-0.1, -0.05) is 0 Å². The van der Waals surface area contributed by atoms with E-state index in [1.54, 1.807) is 6.92 Å². The van der Waals surface area contributed by atoms with E-state index in [4.69, 9.17) is 9.47 Å². The van der Waals surface area contributed by atoms with E-state index in [-0.39, 0.29) is 5.97 Å². The molecule has 0 aromatic heterocycles. The van der Waals surface area contributed by atoms with Crippen molar-refractivity contribution in [2.75, 3.05) is 32.8 Å². The summed E-state index contributed by atoms with van der Waals surface area (Å²) < 4.78 is 10.0. The highest BCUT2D eigenvalue weighted by Gasteiger charge is 2.15. The third kappa shape index (κ3) is 13.7. The molecule has 0 aliphatic heterocycles. The van der Waals surface area contributed by atoms with Crippen molar-refractivity contribution in [1.82, 2.24) is 16.0 Å². The number of esters is 1. The molecule has 8 nitrogen and oxygen atoms in total. The lowest BCUT2D eigenvalue weighted by atomic mass is 10.2. The molecule has 0 aliphatic carbocycles. The van der Waals surface area contributed by atoms with Crippen molar-refractivity contribution in [3.8, 4) is 0 Å². The zero-order valence-electron chi connectivity index (χ0n) is 15.5. The summed E-state index contributed by atoms with van der Waals surface area (Å²) in [4.78, 5) is 27.1. The normalized spacial score (nSPS) is 11.6. The second kappa shape index (κ2) is 12.4. The largest absolute Gasteiger partial charge is 0.466 e. The van der Waals surface area contributed by atoms with Gasteiger partial charge in [-0.25, -0.2) is 4.79 Å². The van der Waals surface area contributed by atoms with Gasteiger partial charge in [0.1, 0.15) is 5.60 Å². The SMILES string of the molecule is CCNC(=NCCCC(=O)OCC)NCCNC(=O)OC(C)(C)C. The Labute approximate surface area is 144 Å². The maximum Gasteiger partial charge on any atom is 0.407 e. The number of hydrogen-bond acceptors (Lipinski definition) is 5. The third-order valence-electron chi connectivity index (χ3n) is 2.54. The van der Waals surface area contributed by atoms with Crippen LogP contribution in [0.25, 0.3) is 0 Å². The molecule has 0 heterocycles. The number of ether oxygens (including phenoxy) is 2. The van der Waals surface area contributed by atoms with E-state index in [2.05, 4.69) is 20.9 Å². The zero-order chi connectivity index (χ0) is 18.4. The smallest absolute Gasteiger partial charge is 0.407 e. The monoisotopic (exact) mass is 344 g/mol. The average Bonchev–Trinajstić information content (AvgIpc) is 2.46. The molecule has 0 aromatic rings. The highest BCUT2D eigenvalue weighted by Crippen LogP contribution is 2.05. The van der Waals surface area contributed by atoms with Crippen molar-refractivity contribution < 1.29 is 19.1 Å². The highest BCUT2D eigenvalue weighted by molar-refractivity contribution is 5.79. The maximum absolute atomic E-state index is 11.5. The Morgan fingerprint density at radius 3 is 2.29 bits per heavy atom. The van der Waals surface area contributed by atoms with Crippen LogP contribution in [0.2, 0.25) is 0 Å². The van der Waals surface area contributed by atoms with Crippen LogP contribution in [0.4, 0.5) is 4.79 Å². The number of carbonyl (C=O) groups is 2. The summed E-state index contributed by atoms with van der Waals surface area (Å²) in [6, 6.07) is 0. The Balaban J connectivity index is 4.00. The Hall–Kier alpha value is -1.99. The molecule has 8 heteroatoms. The standard InChI is InChI=1S/C16H32N4O4/c1-6-17-14(18-10-8-9-13(21)23-7-2)19-11-12-20-15(22)24-16(3,4)5/h6-12H2,1-5H3,(H,20,22)(H2,17,18,19). The number of guanidine groups is 1. The summed E-state index contributed by atoms with van der Waals surface area (Å²) in [5, 5.41) is 8.87. The molecule has 0 aromatic carbocycles. The summed E-state index contributed by atoms with van der Waals surface area (Å²) in [5.41, 5.74) is -0.507. The lowest BCUT2D eigenvalue weighted by molar-refractivity contribution is -0.143. The molecular weight excluding hydrogens is 312 g/mol. The molecule has 0 atom stereocenters. The van der Waals surface area contributed by atoms with Crippen molar-refractivity contribution in [3.05, 3.63) is 0 Å². The van der Waals surface area contributed by atoms with Crippen LogP contribution in [0.5, 0.6) is 0 Å². The molecule has 0 unspecified atom stereocenters. The first-order valence-corrected chi connectivity index (χ1v) is 8.43. The number of aliphatic imine (C=N–C) groups is 1. The summed E-state index contributed by atoms with van der Waals surface area (Å²) in [6.07, 6.45) is 0.545. The van der Waals surface area contributed by atoms with Gasteiger partial charge in [0.25, 0.3) is 0 Å². The number of rotatable bonds is 9. The van der Waals surface area contributed by atoms with Gasteiger partial charge in [-0.3, -0.25) is 9.79 Å². The molecule has 0 fully saturated rings. The van der Waals surface area contributed by atoms with Crippen LogP contribution < -0.4 is 16.0 Å². The quantitative estimate of drug-likeness (QED) is 0.253. The first-order chi connectivity index (χ1) is 11.3. The lowest BCUT2D eigenvalue weighted by Crippen LogP contribution is -2.42. The van der Waals surface area contributed by atoms with Gasteiger partial charge in [-0.2, -0.15) is 0 Å².